The third kappa shape index (κ3) is 4.42. The van der Waals surface area contributed by atoms with E-state index in [1.807, 2.05) is 38.1 Å². The molecule has 0 radical (unpaired) electrons. The molecular weight excluding hydrogens is 448 g/mol. The molecule has 1 atom stereocenters. The molecule has 0 saturated heterocycles. The number of aromatic nitrogens is 3. The summed E-state index contributed by atoms with van der Waals surface area (Å²) in [7, 11) is 4.62. The average molecular weight is 477 g/mol. The molecule has 0 aliphatic heterocycles. The van der Waals surface area contributed by atoms with Crippen LogP contribution in [0.1, 0.15) is 36.2 Å². The molecule has 10 heteroatoms. The van der Waals surface area contributed by atoms with Gasteiger partial charge in [-0.15, -0.1) is 0 Å². The number of anilines is 1. The van der Waals surface area contributed by atoms with E-state index < -0.39 is 0 Å². The Labute approximate surface area is 202 Å². The Morgan fingerprint density at radius 3 is 2.31 bits per heavy atom. The van der Waals surface area contributed by atoms with Crippen molar-refractivity contribution in [2.45, 2.75) is 26.3 Å². The SMILES string of the molecule is CCC(C)NC(=O)c1c(N)n(/N=C/c2cc(OC)c(OC)c(OC)c2)c2nc3ccccc3nc12. The molecule has 2 heterocycles. The lowest BCUT2D eigenvalue weighted by Gasteiger charge is -2.12. The Balaban J connectivity index is 1.89. The van der Waals surface area contributed by atoms with Gasteiger partial charge in [-0.2, -0.15) is 9.78 Å². The summed E-state index contributed by atoms with van der Waals surface area (Å²) < 4.78 is 17.6. The van der Waals surface area contributed by atoms with E-state index in [0.29, 0.717) is 45.0 Å². The van der Waals surface area contributed by atoms with Gasteiger partial charge in [-0.25, -0.2) is 9.97 Å². The fourth-order valence-corrected chi connectivity index (χ4v) is 3.69. The summed E-state index contributed by atoms with van der Waals surface area (Å²) >= 11 is 0. The highest BCUT2D eigenvalue weighted by Crippen LogP contribution is 2.38. The third-order valence-electron chi connectivity index (χ3n) is 5.70. The van der Waals surface area contributed by atoms with E-state index in [1.165, 1.54) is 11.8 Å². The molecule has 182 valence electrons. The van der Waals surface area contributed by atoms with Crippen molar-refractivity contribution >= 4 is 40.1 Å². The highest BCUT2D eigenvalue weighted by atomic mass is 16.5. The Bertz CT molecular complexity index is 1400. The molecule has 4 aromatic rings. The van der Waals surface area contributed by atoms with Gasteiger partial charge >= 0.3 is 0 Å². The first kappa shape index (κ1) is 23.8. The summed E-state index contributed by atoms with van der Waals surface area (Å²) in [6.45, 7) is 3.92. The largest absolute Gasteiger partial charge is 0.493 e. The standard InChI is InChI=1S/C25H28N6O4/c1-6-14(2)28-25(32)20-21-24(30-17-10-8-7-9-16(17)29-21)31(23(20)26)27-13-15-11-18(33-3)22(35-5)19(12-15)34-4/h7-14H,6,26H2,1-5H3,(H,28,32)/b27-13+. The van der Waals surface area contributed by atoms with Crippen LogP contribution in [-0.4, -0.2) is 54.1 Å². The smallest absolute Gasteiger partial charge is 0.257 e. The van der Waals surface area contributed by atoms with Gasteiger partial charge in [0.25, 0.3) is 5.91 Å². The van der Waals surface area contributed by atoms with Crippen molar-refractivity contribution in [1.29, 1.82) is 0 Å². The Kier molecular flexibility index (Phi) is 6.72. The zero-order chi connectivity index (χ0) is 25.1. The van der Waals surface area contributed by atoms with E-state index in [1.54, 1.807) is 32.6 Å². The van der Waals surface area contributed by atoms with Gasteiger partial charge in [0.1, 0.15) is 16.9 Å². The van der Waals surface area contributed by atoms with Crippen LogP contribution in [0.2, 0.25) is 0 Å². The lowest BCUT2D eigenvalue weighted by molar-refractivity contribution is 0.0941. The number of hydrogen-bond acceptors (Lipinski definition) is 8. The van der Waals surface area contributed by atoms with Crippen molar-refractivity contribution in [2.75, 3.05) is 27.1 Å². The number of nitrogens with one attached hydrogen (secondary N) is 1. The maximum atomic E-state index is 13.1. The second kappa shape index (κ2) is 9.88. The number of carbonyl (C=O) groups excluding carboxylic acids is 1. The highest BCUT2D eigenvalue weighted by molar-refractivity contribution is 6.10. The number of carbonyl (C=O) groups is 1. The van der Waals surface area contributed by atoms with Crippen LogP contribution in [0.4, 0.5) is 5.82 Å². The third-order valence-corrected chi connectivity index (χ3v) is 5.70. The molecule has 10 nitrogen and oxygen atoms in total. The minimum absolute atomic E-state index is 0.0311. The number of benzene rings is 2. The lowest BCUT2D eigenvalue weighted by Crippen LogP contribution is -2.32. The maximum Gasteiger partial charge on any atom is 0.257 e. The van der Waals surface area contributed by atoms with Gasteiger partial charge in [-0.1, -0.05) is 19.1 Å². The number of rotatable bonds is 8. The van der Waals surface area contributed by atoms with Crippen molar-refractivity contribution in [2.24, 2.45) is 5.10 Å². The van der Waals surface area contributed by atoms with E-state index in [9.17, 15) is 4.79 Å². The summed E-state index contributed by atoms with van der Waals surface area (Å²) in [5, 5.41) is 7.51. The van der Waals surface area contributed by atoms with Crippen molar-refractivity contribution in [1.82, 2.24) is 20.0 Å². The van der Waals surface area contributed by atoms with Crippen LogP contribution in [0.5, 0.6) is 17.2 Å². The Hall–Kier alpha value is -4.34. The van der Waals surface area contributed by atoms with Gasteiger partial charge in [0, 0.05) is 11.6 Å². The normalized spacial score (nSPS) is 12.3. The number of nitrogens with two attached hydrogens (primary N) is 1. The number of nitrogen functional groups attached to an aromatic ring is 1. The van der Waals surface area contributed by atoms with Gasteiger partial charge in [0.05, 0.1) is 38.6 Å². The molecule has 0 bridgehead atoms. The van der Waals surface area contributed by atoms with Crippen molar-refractivity contribution < 1.29 is 19.0 Å². The second-order valence-corrected chi connectivity index (χ2v) is 7.94. The number of para-hydroxylation sites is 2. The fraction of sp³-hybridized carbons (Fsp3) is 0.280. The molecule has 35 heavy (non-hydrogen) atoms. The summed E-state index contributed by atoms with van der Waals surface area (Å²) in [5.41, 5.74) is 9.43. The first-order valence-corrected chi connectivity index (χ1v) is 11.1. The van der Waals surface area contributed by atoms with Crippen LogP contribution in [-0.2, 0) is 0 Å². The summed E-state index contributed by atoms with van der Waals surface area (Å²) in [5.74, 6) is 1.25. The van der Waals surface area contributed by atoms with Crippen molar-refractivity contribution in [3.63, 3.8) is 0 Å². The van der Waals surface area contributed by atoms with Crippen LogP contribution in [0.15, 0.2) is 41.5 Å². The molecule has 0 spiro atoms. The van der Waals surface area contributed by atoms with Crippen molar-refractivity contribution in [3.05, 3.63) is 47.5 Å². The number of fused-ring (bicyclic) bond motifs is 2. The lowest BCUT2D eigenvalue weighted by atomic mass is 10.2. The average Bonchev–Trinajstić information content (AvgIpc) is 3.14. The molecule has 3 N–H and O–H groups in total. The zero-order valence-electron chi connectivity index (χ0n) is 20.3. The van der Waals surface area contributed by atoms with E-state index in [0.717, 1.165) is 6.42 Å². The fourth-order valence-electron chi connectivity index (χ4n) is 3.69. The molecule has 1 unspecified atom stereocenters. The van der Waals surface area contributed by atoms with Crippen LogP contribution in [0, 0.1) is 0 Å². The molecule has 2 aromatic heterocycles. The summed E-state index contributed by atoms with van der Waals surface area (Å²) in [6.07, 6.45) is 2.35. The second-order valence-electron chi connectivity index (χ2n) is 7.94. The molecular formula is C25H28N6O4. The molecule has 0 fully saturated rings. The summed E-state index contributed by atoms with van der Waals surface area (Å²) in [6, 6.07) is 10.9. The predicted molar refractivity (Wildman–Crippen MR) is 136 cm³/mol. The minimum atomic E-state index is -0.326. The van der Waals surface area contributed by atoms with Gasteiger partial charge in [-0.05, 0) is 37.6 Å². The number of ether oxygens (including phenoxy) is 3. The molecule has 0 aliphatic rings. The predicted octanol–water partition coefficient (Wildman–Crippen LogP) is 3.60. The molecule has 4 rings (SSSR count). The van der Waals surface area contributed by atoms with E-state index in [2.05, 4.69) is 10.4 Å². The molecule has 0 aliphatic carbocycles. The van der Waals surface area contributed by atoms with E-state index in [-0.39, 0.29) is 23.3 Å². The molecule has 2 aromatic carbocycles. The number of nitrogens with zero attached hydrogens (tertiary/aromatic N) is 4. The number of hydrogen-bond donors (Lipinski definition) is 2. The van der Waals surface area contributed by atoms with Crippen LogP contribution < -0.4 is 25.3 Å². The number of amides is 1. The minimum Gasteiger partial charge on any atom is -0.493 e. The van der Waals surface area contributed by atoms with Gasteiger partial charge in [0.15, 0.2) is 17.1 Å². The van der Waals surface area contributed by atoms with Crippen LogP contribution in [0.3, 0.4) is 0 Å². The maximum absolute atomic E-state index is 13.1. The summed E-state index contributed by atoms with van der Waals surface area (Å²) in [4.78, 5) is 22.5. The van der Waals surface area contributed by atoms with E-state index in [4.69, 9.17) is 29.9 Å². The Morgan fingerprint density at radius 2 is 1.74 bits per heavy atom. The number of methoxy groups -OCH3 is 3. The monoisotopic (exact) mass is 476 g/mol. The molecule has 1 amide bonds. The van der Waals surface area contributed by atoms with E-state index >= 15 is 0 Å². The van der Waals surface area contributed by atoms with Crippen LogP contribution >= 0.6 is 0 Å². The zero-order valence-corrected chi connectivity index (χ0v) is 20.3. The topological polar surface area (TPSA) is 126 Å². The van der Waals surface area contributed by atoms with Gasteiger partial charge < -0.3 is 25.3 Å². The quantitative estimate of drug-likeness (QED) is 0.372. The Morgan fingerprint density at radius 1 is 1.11 bits per heavy atom. The molecule has 0 saturated carbocycles. The van der Waals surface area contributed by atoms with Gasteiger partial charge in [0.2, 0.25) is 5.75 Å². The van der Waals surface area contributed by atoms with Crippen LogP contribution in [0.25, 0.3) is 22.2 Å². The van der Waals surface area contributed by atoms with Gasteiger partial charge in [-0.3, -0.25) is 4.79 Å². The van der Waals surface area contributed by atoms with Crippen molar-refractivity contribution in [3.8, 4) is 17.2 Å². The first-order chi connectivity index (χ1) is 16.9. The highest BCUT2D eigenvalue weighted by Gasteiger charge is 2.25. The first-order valence-electron chi connectivity index (χ1n) is 11.1.